The van der Waals surface area contributed by atoms with Gasteiger partial charge in [0.1, 0.15) is 5.69 Å². The molecule has 0 bridgehead atoms. The number of benzene rings is 2. The molecule has 0 spiro atoms. The van der Waals surface area contributed by atoms with Crippen molar-refractivity contribution in [1.82, 2.24) is 0 Å². The summed E-state index contributed by atoms with van der Waals surface area (Å²) in [5.41, 5.74) is 1.53. The molecule has 0 saturated heterocycles. The van der Waals surface area contributed by atoms with Crippen LogP contribution in [-0.4, -0.2) is 23.4 Å². The lowest BCUT2D eigenvalue weighted by Gasteiger charge is -2.10. The van der Waals surface area contributed by atoms with Crippen molar-refractivity contribution >= 4 is 23.3 Å². The van der Waals surface area contributed by atoms with Crippen LogP contribution in [-0.2, 0) is 9.53 Å². The van der Waals surface area contributed by atoms with Gasteiger partial charge in [-0.05, 0) is 31.0 Å². The highest BCUT2D eigenvalue weighted by molar-refractivity contribution is 5.97. The number of carbonyl (C=O) groups excluding carboxylic acids is 2. The number of hydrogen-bond donors (Lipinski definition) is 1. The number of rotatable bonds is 5. The van der Waals surface area contributed by atoms with Crippen molar-refractivity contribution in [2.24, 2.45) is 0 Å². The predicted molar refractivity (Wildman–Crippen MR) is 87.9 cm³/mol. The van der Waals surface area contributed by atoms with Crippen molar-refractivity contribution in [3.8, 4) is 0 Å². The van der Waals surface area contributed by atoms with E-state index in [-0.39, 0.29) is 11.4 Å². The lowest BCUT2D eigenvalue weighted by molar-refractivity contribution is -0.384. The SMILES string of the molecule is Cc1ccccc1C(=O)OCC(=O)Nc1c(C)cccc1[N+](=O)[O-]. The molecule has 0 aliphatic carbocycles. The minimum atomic E-state index is -0.644. The molecule has 2 aromatic rings. The molecule has 1 N–H and O–H groups in total. The first kappa shape index (κ1) is 17.1. The molecule has 0 aliphatic rings. The molecule has 0 aromatic heterocycles. The van der Waals surface area contributed by atoms with Gasteiger partial charge in [-0.2, -0.15) is 0 Å². The second-order valence-electron chi connectivity index (χ2n) is 5.17. The maximum absolute atomic E-state index is 12.0. The largest absolute Gasteiger partial charge is 0.452 e. The summed E-state index contributed by atoms with van der Waals surface area (Å²) in [6.45, 7) is 2.87. The summed E-state index contributed by atoms with van der Waals surface area (Å²) in [6.07, 6.45) is 0. The average molecular weight is 328 g/mol. The van der Waals surface area contributed by atoms with Gasteiger partial charge in [0.2, 0.25) is 0 Å². The van der Waals surface area contributed by atoms with Gasteiger partial charge in [-0.15, -0.1) is 0 Å². The van der Waals surface area contributed by atoms with Gasteiger partial charge in [-0.3, -0.25) is 14.9 Å². The number of aryl methyl sites for hydroxylation is 2. The number of hydrogen-bond acceptors (Lipinski definition) is 5. The summed E-state index contributed by atoms with van der Waals surface area (Å²) in [4.78, 5) is 34.3. The van der Waals surface area contributed by atoms with Crippen molar-refractivity contribution in [3.05, 3.63) is 69.3 Å². The molecule has 2 rings (SSSR count). The van der Waals surface area contributed by atoms with E-state index in [1.165, 1.54) is 12.1 Å². The molecule has 0 fully saturated rings. The first-order valence-electron chi connectivity index (χ1n) is 7.16. The van der Waals surface area contributed by atoms with Crippen LogP contribution in [0.3, 0.4) is 0 Å². The lowest BCUT2D eigenvalue weighted by atomic mass is 10.1. The van der Waals surface area contributed by atoms with E-state index in [1.807, 2.05) is 0 Å². The maximum Gasteiger partial charge on any atom is 0.338 e. The minimum absolute atomic E-state index is 0.0967. The first-order valence-corrected chi connectivity index (χ1v) is 7.16. The zero-order chi connectivity index (χ0) is 17.7. The molecule has 0 saturated carbocycles. The van der Waals surface area contributed by atoms with Crippen LogP contribution in [0, 0.1) is 24.0 Å². The van der Waals surface area contributed by atoms with E-state index in [2.05, 4.69) is 5.32 Å². The molecule has 0 radical (unpaired) electrons. The van der Waals surface area contributed by atoms with Crippen LogP contribution in [0.1, 0.15) is 21.5 Å². The highest BCUT2D eigenvalue weighted by atomic mass is 16.6. The Kier molecular flexibility index (Phi) is 5.26. The van der Waals surface area contributed by atoms with Crippen molar-refractivity contribution in [1.29, 1.82) is 0 Å². The van der Waals surface area contributed by atoms with Crippen LogP contribution < -0.4 is 5.32 Å². The summed E-state index contributed by atoms with van der Waals surface area (Å²) < 4.78 is 4.96. The molecule has 7 nitrogen and oxygen atoms in total. The van der Waals surface area contributed by atoms with Gasteiger partial charge in [0.05, 0.1) is 10.5 Å². The zero-order valence-electron chi connectivity index (χ0n) is 13.2. The molecule has 0 atom stereocenters. The zero-order valence-corrected chi connectivity index (χ0v) is 13.2. The van der Waals surface area contributed by atoms with E-state index >= 15 is 0 Å². The van der Waals surface area contributed by atoms with E-state index in [0.717, 1.165) is 5.56 Å². The molecule has 7 heteroatoms. The number of para-hydroxylation sites is 1. The summed E-state index contributed by atoms with van der Waals surface area (Å²) in [7, 11) is 0. The molecule has 0 aliphatic heterocycles. The Hall–Kier alpha value is -3.22. The van der Waals surface area contributed by atoms with Crippen LogP contribution in [0.4, 0.5) is 11.4 Å². The van der Waals surface area contributed by atoms with Gasteiger partial charge in [-0.1, -0.05) is 30.3 Å². The third kappa shape index (κ3) is 3.95. The Bertz CT molecular complexity index is 801. The number of nitrogens with one attached hydrogen (secondary N) is 1. The van der Waals surface area contributed by atoms with Gasteiger partial charge in [0.15, 0.2) is 6.61 Å². The highest BCUT2D eigenvalue weighted by Gasteiger charge is 2.19. The Labute approximate surface area is 138 Å². The molecule has 2 aromatic carbocycles. The highest BCUT2D eigenvalue weighted by Crippen LogP contribution is 2.27. The summed E-state index contributed by atoms with van der Waals surface area (Å²) in [5.74, 6) is -1.27. The monoisotopic (exact) mass is 328 g/mol. The first-order chi connectivity index (χ1) is 11.4. The van der Waals surface area contributed by atoms with Crippen LogP contribution in [0.5, 0.6) is 0 Å². The summed E-state index contributed by atoms with van der Waals surface area (Å²) in [5, 5.41) is 13.4. The van der Waals surface area contributed by atoms with Crippen LogP contribution in [0.2, 0.25) is 0 Å². The van der Waals surface area contributed by atoms with Gasteiger partial charge >= 0.3 is 5.97 Å². The summed E-state index contributed by atoms with van der Waals surface area (Å²) >= 11 is 0. The average Bonchev–Trinajstić information content (AvgIpc) is 2.54. The van der Waals surface area contributed by atoms with Crippen molar-refractivity contribution in [3.63, 3.8) is 0 Å². The van der Waals surface area contributed by atoms with Crippen LogP contribution in [0.25, 0.3) is 0 Å². The van der Waals surface area contributed by atoms with Gasteiger partial charge in [0, 0.05) is 6.07 Å². The third-order valence-corrected chi connectivity index (χ3v) is 3.41. The Morgan fingerprint density at radius 3 is 2.42 bits per heavy atom. The van der Waals surface area contributed by atoms with E-state index in [0.29, 0.717) is 11.1 Å². The number of nitro groups is 1. The topological polar surface area (TPSA) is 98.5 Å². The van der Waals surface area contributed by atoms with Gasteiger partial charge in [0.25, 0.3) is 11.6 Å². The molecule has 0 unspecified atom stereocenters. The lowest BCUT2D eigenvalue weighted by Crippen LogP contribution is -2.22. The van der Waals surface area contributed by atoms with E-state index in [1.54, 1.807) is 44.2 Å². The van der Waals surface area contributed by atoms with E-state index in [4.69, 9.17) is 4.74 Å². The normalized spacial score (nSPS) is 10.1. The molecule has 24 heavy (non-hydrogen) atoms. The molecule has 0 heterocycles. The molecular weight excluding hydrogens is 312 g/mol. The number of carbonyl (C=O) groups is 2. The Morgan fingerprint density at radius 1 is 1.08 bits per heavy atom. The quantitative estimate of drug-likeness (QED) is 0.517. The standard InChI is InChI=1S/C17H16N2O5/c1-11-6-3-4-8-13(11)17(21)24-10-15(20)18-16-12(2)7-5-9-14(16)19(22)23/h3-9H,10H2,1-2H3,(H,18,20). The fourth-order valence-electron chi connectivity index (χ4n) is 2.15. The van der Waals surface area contributed by atoms with E-state index in [9.17, 15) is 19.7 Å². The second kappa shape index (κ2) is 7.36. The van der Waals surface area contributed by atoms with E-state index < -0.39 is 23.4 Å². The van der Waals surface area contributed by atoms with Gasteiger partial charge < -0.3 is 10.1 Å². The smallest absolute Gasteiger partial charge is 0.338 e. The second-order valence-corrected chi connectivity index (χ2v) is 5.17. The predicted octanol–water partition coefficient (Wildman–Crippen LogP) is 3.01. The number of amides is 1. The fraction of sp³-hybridized carbons (Fsp3) is 0.176. The van der Waals surface area contributed by atoms with Crippen LogP contribution in [0.15, 0.2) is 42.5 Å². The number of nitrogens with zero attached hydrogens (tertiary/aromatic N) is 1. The number of ether oxygens (including phenoxy) is 1. The molecular formula is C17H16N2O5. The van der Waals surface area contributed by atoms with Crippen molar-refractivity contribution in [2.75, 3.05) is 11.9 Å². The number of anilines is 1. The number of nitro benzene ring substituents is 1. The Morgan fingerprint density at radius 2 is 1.75 bits per heavy atom. The minimum Gasteiger partial charge on any atom is -0.452 e. The fourth-order valence-corrected chi connectivity index (χ4v) is 2.15. The Balaban J connectivity index is 2.04. The van der Waals surface area contributed by atoms with Crippen molar-refractivity contribution in [2.45, 2.75) is 13.8 Å². The van der Waals surface area contributed by atoms with Gasteiger partial charge in [-0.25, -0.2) is 4.79 Å². The third-order valence-electron chi connectivity index (χ3n) is 3.41. The summed E-state index contributed by atoms with van der Waals surface area (Å²) in [6, 6.07) is 11.3. The molecule has 1 amide bonds. The van der Waals surface area contributed by atoms with Crippen LogP contribution >= 0.6 is 0 Å². The molecule has 124 valence electrons. The van der Waals surface area contributed by atoms with Crippen molar-refractivity contribution < 1.29 is 19.2 Å². The number of esters is 1. The maximum atomic E-state index is 12.0.